The van der Waals surface area contributed by atoms with Gasteiger partial charge in [0.15, 0.2) is 11.0 Å². The van der Waals surface area contributed by atoms with Crippen LogP contribution < -0.4 is 4.74 Å². The summed E-state index contributed by atoms with van der Waals surface area (Å²) in [5.41, 5.74) is 1.91. The Morgan fingerprint density at radius 3 is 2.37 bits per heavy atom. The fourth-order valence-corrected chi connectivity index (χ4v) is 5.77. The highest BCUT2D eigenvalue weighted by Crippen LogP contribution is 2.31. The van der Waals surface area contributed by atoms with Crippen molar-refractivity contribution >= 4 is 23.6 Å². The number of nitrogens with zero attached hydrogens (tertiary/aromatic N) is 5. The van der Waals surface area contributed by atoms with Gasteiger partial charge in [-0.15, -0.1) is 10.2 Å². The fraction of sp³-hybridized carbons (Fsp3) is 0.290. The lowest BCUT2D eigenvalue weighted by Gasteiger charge is -2.40. The van der Waals surface area contributed by atoms with Gasteiger partial charge in [-0.25, -0.2) is 0 Å². The van der Waals surface area contributed by atoms with Gasteiger partial charge in [0.1, 0.15) is 5.75 Å². The fourth-order valence-electron chi connectivity index (χ4n) is 4.91. The van der Waals surface area contributed by atoms with E-state index >= 15 is 0 Å². The van der Waals surface area contributed by atoms with Crippen molar-refractivity contribution in [1.29, 1.82) is 0 Å². The van der Waals surface area contributed by atoms with E-state index in [1.165, 1.54) is 28.8 Å². The Bertz CT molecular complexity index is 1610. The van der Waals surface area contributed by atoms with Crippen molar-refractivity contribution in [3.05, 3.63) is 89.5 Å². The monoisotopic (exact) mass is 609 g/mol. The summed E-state index contributed by atoms with van der Waals surface area (Å²) in [5.74, 6) is 0.810. The number of carbonyl (C=O) groups excluding carboxylic acids is 2. The van der Waals surface area contributed by atoms with Gasteiger partial charge in [0.2, 0.25) is 5.91 Å². The molecule has 1 unspecified atom stereocenters. The van der Waals surface area contributed by atoms with E-state index in [1.807, 2.05) is 60.0 Å². The standard InChI is InChI=1S/C31H30F3N5O3S/c1-20-7-9-22(10-8-20)28-35-36-30(39(28)25-11-13-26(42-3)14-12-25)43-19-27(40)37-15-16-38(21(2)18-37)29(41)23-5-4-6-24(17-23)31(32,33)34/h4-14,17,21H,15-16,18-19H2,1-3H3. The minimum atomic E-state index is -4.54. The molecule has 1 saturated heterocycles. The number of alkyl halides is 3. The molecule has 12 heteroatoms. The highest BCUT2D eigenvalue weighted by atomic mass is 32.2. The number of aryl methyl sites for hydroxylation is 1. The SMILES string of the molecule is COc1ccc(-n2c(SCC(=O)N3CCN(C(=O)c4cccc(C(F)(F)F)c4)C(C)C3)nnc2-c2ccc(C)cc2)cc1. The molecule has 1 atom stereocenters. The zero-order valence-electron chi connectivity index (χ0n) is 23.8. The van der Waals surface area contributed by atoms with Crippen molar-refractivity contribution in [1.82, 2.24) is 24.6 Å². The van der Waals surface area contributed by atoms with Gasteiger partial charge < -0.3 is 14.5 Å². The number of carbonyl (C=O) groups is 2. The topological polar surface area (TPSA) is 80.6 Å². The Balaban J connectivity index is 1.28. The van der Waals surface area contributed by atoms with Crippen LogP contribution in [-0.2, 0) is 11.0 Å². The first-order valence-corrected chi connectivity index (χ1v) is 14.6. The molecule has 0 spiro atoms. The molecule has 4 aromatic rings. The molecule has 1 aromatic heterocycles. The van der Waals surface area contributed by atoms with Crippen molar-refractivity contribution in [3.63, 3.8) is 0 Å². The summed E-state index contributed by atoms with van der Waals surface area (Å²) >= 11 is 1.26. The predicted octanol–water partition coefficient (Wildman–Crippen LogP) is 5.74. The quantitative estimate of drug-likeness (QED) is 0.249. The number of aromatic nitrogens is 3. The van der Waals surface area contributed by atoms with E-state index in [9.17, 15) is 22.8 Å². The number of hydrogen-bond acceptors (Lipinski definition) is 6. The molecule has 8 nitrogen and oxygen atoms in total. The van der Waals surface area contributed by atoms with Crippen molar-refractivity contribution in [3.8, 4) is 22.8 Å². The van der Waals surface area contributed by atoms with Gasteiger partial charge in [0, 0.05) is 42.5 Å². The Morgan fingerprint density at radius 1 is 1.00 bits per heavy atom. The molecule has 0 aliphatic carbocycles. The molecular formula is C31H30F3N5O3S. The summed E-state index contributed by atoms with van der Waals surface area (Å²) in [6, 6.07) is 19.5. The first-order valence-electron chi connectivity index (χ1n) is 13.6. The van der Waals surface area contributed by atoms with Crippen LogP contribution in [0.15, 0.2) is 78.0 Å². The van der Waals surface area contributed by atoms with E-state index in [4.69, 9.17) is 4.74 Å². The van der Waals surface area contributed by atoms with Gasteiger partial charge in [-0.1, -0.05) is 47.7 Å². The summed E-state index contributed by atoms with van der Waals surface area (Å²) < 4.78 is 46.7. The number of ether oxygens (including phenoxy) is 1. The first kappa shape index (κ1) is 30.1. The Morgan fingerprint density at radius 2 is 1.72 bits per heavy atom. The molecule has 3 aromatic carbocycles. The second kappa shape index (κ2) is 12.5. The number of benzene rings is 3. The molecule has 5 rings (SSSR count). The van der Waals surface area contributed by atoms with Crippen molar-refractivity contribution in [2.75, 3.05) is 32.5 Å². The summed E-state index contributed by atoms with van der Waals surface area (Å²) in [4.78, 5) is 29.5. The maximum Gasteiger partial charge on any atom is 0.416 e. The number of halogens is 3. The number of thioether (sulfide) groups is 1. The Labute approximate surface area is 251 Å². The van der Waals surface area contributed by atoms with Crippen LogP contribution in [0.3, 0.4) is 0 Å². The van der Waals surface area contributed by atoms with Gasteiger partial charge in [0.25, 0.3) is 5.91 Å². The maximum absolute atomic E-state index is 13.3. The van der Waals surface area contributed by atoms with Crippen LogP contribution >= 0.6 is 11.8 Å². The molecule has 0 radical (unpaired) electrons. The molecule has 224 valence electrons. The zero-order valence-corrected chi connectivity index (χ0v) is 24.7. The molecule has 1 aliphatic heterocycles. The maximum atomic E-state index is 13.3. The summed E-state index contributed by atoms with van der Waals surface area (Å²) in [6.45, 7) is 4.55. The van der Waals surface area contributed by atoms with E-state index in [0.29, 0.717) is 16.7 Å². The third kappa shape index (κ3) is 6.69. The minimum absolute atomic E-state index is 0.0285. The number of hydrogen-bond donors (Lipinski definition) is 0. The van der Waals surface area contributed by atoms with Crippen molar-refractivity contribution in [2.45, 2.75) is 31.2 Å². The first-order chi connectivity index (χ1) is 20.5. The van der Waals surface area contributed by atoms with Gasteiger partial charge >= 0.3 is 6.18 Å². The second-order valence-electron chi connectivity index (χ2n) is 10.3. The van der Waals surface area contributed by atoms with Crippen molar-refractivity contribution < 1.29 is 27.5 Å². The average Bonchev–Trinajstić information content (AvgIpc) is 3.43. The smallest absolute Gasteiger partial charge is 0.416 e. The van der Waals surface area contributed by atoms with Crippen LogP contribution in [0.25, 0.3) is 17.1 Å². The van der Waals surface area contributed by atoms with Gasteiger partial charge in [-0.3, -0.25) is 14.2 Å². The molecule has 0 bridgehead atoms. The van der Waals surface area contributed by atoms with Crippen LogP contribution in [0, 0.1) is 6.92 Å². The largest absolute Gasteiger partial charge is 0.497 e. The lowest BCUT2D eigenvalue weighted by Crippen LogP contribution is -2.55. The summed E-state index contributed by atoms with van der Waals surface area (Å²) in [7, 11) is 1.60. The summed E-state index contributed by atoms with van der Waals surface area (Å²) in [6.07, 6.45) is -4.54. The number of piperazine rings is 1. The van der Waals surface area contributed by atoms with E-state index in [2.05, 4.69) is 10.2 Å². The van der Waals surface area contributed by atoms with E-state index in [0.717, 1.165) is 28.9 Å². The number of rotatable bonds is 7. The lowest BCUT2D eigenvalue weighted by molar-refractivity contribution is -0.137. The van der Waals surface area contributed by atoms with Crippen LogP contribution in [0.4, 0.5) is 13.2 Å². The molecule has 2 amide bonds. The van der Waals surface area contributed by atoms with E-state index in [1.54, 1.807) is 18.9 Å². The Kier molecular flexibility index (Phi) is 8.77. The molecular weight excluding hydrogens is 579 g/mol. The van der Waals surface area contributed by atoms with E-state index in [-0.39, 0.29) is 42.9 Å². The molecule has 1 fully saturated rings. The van der Waals surface area contributed by atoms with Gasteiger partial charge in [-0.2, -0.15) is 13.2 Å². The lowest BCUT2D eigenvalue weighted by atomic mass is 10.1. The highest BCUT2D eigenvalue weighted by molar-refractivity contribution is 7.99. The highest BCUT2D eigenvalue weighted by Gasteiger charge is 2.34. The molecule has 2 heterocycles. The van der Waals surface area contributed by atoms with Crippen LogP contribution in [0.2, 0.25) is 0 Å². The van der Waals surface area contributed by atoms with Gasteiger partial charge in [-0.05, 0) is 56.3 Å². The Hall–Kier alpha value is -4.32. The van der Waals surface area contributed by atoms with Crippen LogP contribution in [-0.4, -0.2) is 74.9 Å². The summed E-state index contributed by atoms with van der Waals surface area (Å²) in [5, 5.41) is 9.38. The third-order valence-electron chi connectivity index (χ3n) is 7.28. The molecule has 1 aliphatic rings. The molecule has 0 N–H and O–H groups in total. The van der Waals surface area contributed by atoms with Crippen LogP contribution in [0.5, 0.6) is 5.75 Å². The second-order valence-corrected chi connectivity index (χ2v) is 11.2. The average molecular weight is 610 g/mol. The van der Waals surface area contributed by atoms with E-state index < -0.39 is 17.6 Å². The van der Waals surface area contributed by atoms with Crippen LogP contribution in [0.1, 0.15) is 28.4 Å². The minimum Gasteiger partial charge on any atom is -0.497 e. The molecule has 0 saturated carbocycles. The number of methoxy groups -OCH3 is 1. The molecule has 43 heavy (non-hydrogen) atoms. The third-order valence-corrected chi connectivity index (χ3v) is 8.19. The normalized spacial score (nSPS) is 15.4. The zero-order chi connectivity index (χ0) is 30.7. The number of amides is 2. The van der Waals surface area contributed by atoms with Gasteiger partial charge in [0.05, 0.1) is 18.4 Å². The predicted molar refractivity (Wildman–Crippen MR) is 157 cm³/mol. The van der Waals surface area contributed by atoms with Crippen molar-refractivity contribution in [2.24, 2.45) is 0 Å².